The van der Waals surface area contributed by atoms with E-state index in [9.17, 15) is 5.11 Å². The van der Waals surface area contributed by atoms with Gasteiger partial charge in [-0.1, -0.05) is 26.0 Å². The van der Waals surface area contributed by atoms with Crippen LogP contribution >= 0.6 is 12.2 Å². The van der Waals surface area contributed by atoms with Crippen LogP contribution in [0.1, 0.15) is 31.2 Å². The molecule has 0 aliphatic rings. The first-order valence-corrected chi connectivity index (χ1v) is 6.00. The summed E-state index contributed by atoms with van der Waals surface area (Å²) in [5.41, 5.74) is 0.635. The van der Waals surface area contributed by atoms with Crippen LogP contribution in [0.5, 0.6) is 5.75 Å². The Bertz CT molecular complexity index is 627. The molecule has 0 radical (unpaired) electrons. The Balaban J connectivity index is 2.38. The van der Waals surface area contributed by atoms with E-state index in [0.717, 1.165) is 5.82 Å². The van der Waals surface area contributed by atoms with Crippen LogP contribution < -0.4 is 0 Å². The lowest BCUT2D eigenvalue weighted by atomic mass is 10.2. The maximum atomic E-state index is 9.64. The fourth-order valence-corrected chi connectivity index (χ4v) is 1.69. The predicted octanol–water partition coefficient (Wildman–Crippen LogP) is 2.65. The van der Waals surface area contributed by atoms with Crippen molar-refractivity contribution in [3.05, 3.63) is 40.4 Å². The van der Waals surface area contributed by atoms with Gasteiger partial charge in [0.25, 0.3) is 0 Å². The van der Waals surface area contributed by atoms with Gasteiger partial charge in [-0.05, 0) is 24.4 Å². The highest BCUT2D eigenvalue weighted by molar-refractivity contribution is 7.71. The molecule has 0 aliphatic heterocycles. The van der Waals surface area contributed by atoms with Crippen molar-refractivity contribution in [1.29, 1.82) is 0 Å². The highest BCUT2D eigenvalue weighted by Gasteiger charge is 2.08. The minimum Gasteiger partial charge on any atom is -0.507 e. The zero-order valence-electron chi connectivity index (χ0n) is 10.2. The SMILES string of the molecule is CC(C)c1n[nH]c(=S)n1/N=C\c1ccccc1O. The summed E-state index contributed by atoms with van der Waals surface area (Å²) >= 11 is 5.11. The van der Waals surface area contributed by atoms with E-state index >= 15 is 0 Å². The largest absolute Gasteiger partial charge is 0.507 e. The van der Waals surface area contributed by atoms with Crippen molar-refractivity contribution in [1.82, 2.24) is 14.9 Å². The summed E-state index contributed by atoms with van der Waals surface area (Å²) in [6.07, 6.45) is 1.56. The molecule has 0 saturated heterocycles. The van der Waals surface area contributed by atoms with Crippen molar-refractivity contribution in [3.8, 4) is 5.75 Å². The van der Waals surface area contributed by atoms with Gasteiger partial charge >= 0.3 is 0 Å². The monoisotopic (exact) mass is 262 g/mol. The number of hydrogen-bond acceptors (Lipinski definition) is 4. The number of benzene rings is 1. The summed E-state index contributed by atoms with van der Waals surface area (Å²) < 4.78 is 2.00. The molecule has 2 rings (SSSR count). The molecule has 18 heavy (non-hydrogen) atoms. The van der Waals surface area contributed by atoms with E-state index in [0.29, 0.717) is 10.3 Å². The van der Waals surface area contributed by atoms with Crippen molar-refractivity contribution in [3.63, 3.8) is 0 Å². The average molecular weight is 262 g/mol. The van der Waals surface area contributed by atoms with E-state index in [1.54, 1.807) is 29.1 Å². The molecule has 0 atom stereocenters. The van der Waals surface area contributed by atoms with Gasteiger partial charge in [-0.2, -0.15) is 14.9 Å². The van der Waals surface area contributed by atoms with Gasteiger partial charge in [-0.25, -0.2) is 0 Å². The molecule has 1 heterocycles. The summed E-state index contributed by atoms with van der Waals surface area (Å²) in [5, 5.41) is 20.7. The fourth-order valence-electron chi connectivity index (χ4n) is 1.51. The molecule has 2 aromatic rings. The molecule has 1 aromatic carbocycles. The third kappa shape index (κ3) is 2.48. The molecule has 1 aromatic heterocycles. The Labute approximate surface area is 110 Å². The first-order chi connectivity index (χ1) is 8.59. The van der Waals surface area contributed by atoms with Gasteiger partial charge in [-0.3, -0.25) is 5.10 Å². The molecule has 94 valence electrons. The number of rotatable bonds is 3. The number of phenols is 1. The van der Waals surface area contributed by atoms with E-state index in [4.69, 9.17) is 12.2 Å². The molecule has 5 nitrogen and oxygen atoms in total. The minimum atomic E-state index is 0.183. The van der Waals surface area contributed by atoms with Crippen LogP contribution in [-0.4, -0.2) is 26.2 Å². The summed E-state index contributed by atoms with van der Waals surface area (Å²) in [6.45, 7) is 4.02. The maximum absolute atomic E-state index is 9.64. The molecule has 0 aliphatic carbocycles. The molecule has 0 bridgehead atoms. The number of phenolic OH excluding ortho intramolecular Hbond substituents is 1. The van der Waals surface area contributed by atoms with Gasteiger partial charge in [0.1, 0.15) is 5.75 Å². The van der Waals surface area contributed by atoms with Gasteiger partial charge in [-0.15, -0.1) is 0 Å². The zero-order valence-corrected chi connectivity index (χ0v) is 11.0. The third-order valence-electron chi connectivity index (χ3n) is 2.44. The summed E-state index contributed by atoms with van der Waals surface area (Å²) in [7, 11) is 0. The average Bonchev–Trinajstić information content (AvgIpc) is 2.70. The first kappa shape index (κ1) is 12.5. The molecular weight excluding hydrogens is 248 g/mol. The minimum absolute atomic E-state index is 0.183. The topological polar surface area (TPSA) is 66.2 Å². The van der Waals surface area contributed by atoms with Crippen molar-refractivity contribution < 1.29 is 5.11 Å². The molecule has 0 amide bonds. The maximum Gasteiger partial charge on any atom is 0.216 e. The number of hydrogen-bond donors (Lipinski definition) is 2. The van der Waals surface area contributed by atoms with Gasteiger partial charge in [0, 0.05) is 11.5 Å². The lowest BCUT2D eigenvalue weighted by Gasteiger charge is -2.03. The summed E-state index contributed by atoms with van der Waals surface area (Å²) in [4.78, 5) is 0. The van der Waals surface area contributed by atoms with E-state index in [1.807, 2.05) is 19.9 Å². The van der Waals surface area contributed by atoms with Crippen LogP contribution in [0.3, 0.4) is 0 Å². The second-order valence-corrected chi connectivity index (χ2v) is 4.54. The van der Waals surface area contributed by atoms with Crippen molar-refractivity contribution in [2.24, 2.45) is 5.10 Å². The van der Waals surface area contributed by atoms with Crippen LogP contribution in [-0.2, 0) is 0 Å². The lowest BCUT2D eigenvalue weighted by molar-refractivity contribution is 0.474. The number of nitrogens with one attached hydrogen (secondary N) is 1. The van der Waals surface area contributed by atoms with E-state index in [2.05, 4.69) is 15.3 Å². The summed E-state index contributed by atoms with van der Waals surface area (Å²) in [5.74, 6) is 1.15. The number of aromatic amines is 1. The molecule has 0 spiro atoms. The highest BCUT2D eigenvalue weighted by atomic mass is 32.1. The molecule has 0 fully saturated rings. The number of H-pyrrole nitrogens is 1. The van der Waals surface area contributed by atoms with Crippen LogP contribution in [0.4, 0.5) is 0 Å². The van der Waals surface area contributed by atoms with Crippen molar-refractivity contribution >= 4 is 18.4 Å². The van der Waals surface area contributed by atoms with Crippen LogP contribution in [0.2, 0.25) is 0 Å². The second kappa shape index (κ2) is 5.14. The standard InChI is InChI=1S/C12H14N4OS/c1-8(2)11-14-15-12(18)16(11)13-7-9-5-3-4-6-10(9)17/h3-8,17H,1-2H3,(H,15,18)/b13-7-. The normalized spacial score (nSPS) is 11.5. The molecule has 6 heteroatoms. The quantitative estimate of drug-likeness (QED) is 0.660. The third-order valence-corrected chi connectivity index (χ3v) is 2.71. The van der Waals surface area contributed by atoms with Crippen molar-refractivity contribution in [2.75, 3.05) is 0 Å². The molecule has 2 N–H and O–H groups in total. The molecular formula is C12H14N4OS. The number of aromatic nitrogens is 3. The van der Waals surface area contributed by atoms with Crippen molar-refractivity contribution in [2.45, 2.75) is 19.8 Å². The van der Waals surface area contributed by atoms with E-state index in [1.165, 1.54) is 0 Å². The second-order valence-electron chi connectivity index (χ2n) is 4.16. The fraction of sp³-hybridized carbons (Fsp3) is 0.250. The smallest absolute Gasteiger partial charge is 0.216 e. The van der Waals surface area contributed by atoms with Gasteiger partial charge in [0.2, 0.25) is 4.77 Å². The van der Waals surface area contributed by atoms with Crippen LogP contribution in [0, 0.1) is 4.77 Å². The number of aromatic hydroxyl groups is 1. The van der Waals surface area contributed by atoms with Gasteiger partial charge < -0.3 is 5.11 Å². The Hall–Kier alpha value is -1.95. The number of nitrogens with zero attached hydrogens (tertiary/aromatic N) is 3. The number of para-hydroxylation sites is 1. The van der Waals surface area contributed by atoms with Crippen LogP contribution in [0.15, 0.2) is 29.4 Å². The Morgan fingerprint density at radius 1 is 1.44 bits per heavy atom. The first-order valence-electron chi connectivity index (χ1n) is 5.59. The Kier molecular flexibility index (Phi) is 3.57. The Morgan fingerprint density at radius 3 is 2.83 bits per heavy atom. The van der Waals surface area contributed by atoms with E-state index in [-0.39, 0.29) is 11.7 Å². The Morgan fingerprint density at radius 2 is 2.17 bits per heavy atom. The molecule has 0 saturated carbocycles. The summed E-state index contributed by atoms with van der Waals surface area (Å²) in [6, 6.07) is 6.98. The van der Waals surface area contributed by atoms with Gasteiger partial charge in [0.05, 0.1) is 6.21 Å². The lowest BCUT2D eigenvalue weighted by Crippen LogP contribution is -2.00. The van der Waals surface area contributed by atoms with E-state index < -0.39 is 0 Å². The van der Waals surface area contributed by atoms with Gasteiger partial charge in [0.15, 0.2) is 5.82 Å². The van der Waals surface area contributed by atoms with Crippen LogP contribution in [0.25, 0.3) is 0 Å². The zero-order chi connectivity index (χ0) is 13.1. The molecule has 0 unspecified atom stereocenters. The predicted molar refractivity (Wildman–Crippen MR) is 72.6 cm³/mol. The highest BCUT2D eigenvalue weighted by Crippen LogP contribution is 2.14.